The standard InChI is InChI=1S/C20H29NO4S/c1-6-25-19(23)18(21-15(5)22)12-26-20(24)14(4)17-9-7-16(8-10-17)11-13(2)3/h7-10,13-14,18H,6,11-12H2,1-5H3,(H,21,22)/t14-,18+/m0/s1. The number of carbonyl (C=O) groups is 3. The molecule has 0 aliphatic heterocycles. The fourth-order valence-electron chi connectivity index (χ4n) is 2.50. The molecule has 1 N–H and O–H groups in total. The van der Waals surface area contributed by atoms with E-state index in [1.54, 1.807) is 6.92 Å². The first kappa shape index (κ1) is 22.2. The summed E-state index contributed by atoms with van der Waals surface area (Å²) in [5, 5.41) is 2.50. The molecular formula is C20H29NO4S. The lowest BCUT2D eigenvalue weighted by atomic mass is 9.97. The van der Waals surface area contributed by atoms with Crippen LogP contribution in [0.2, 0.25) is 0 Å². The van der Waals surface area contributed by atoms with Gasteiger partial charge in [-0.15, -0.1) is 0 Å². The van der Waals surface area contributed by atoms with Crippen molar-refractivity contribution in [3.05, 3.63) is 35.4 Å². The van der Waals surface area contributed by atoms with E-state index in [1.807, 2.05) is 19.1 Å². The second-order valence-corrected chi connectivity index (χ2v) is 7.72. The Labute approximate surface area is 160 Å². The third kappa shape index (κ3) is 7.60. The second-order valence-electron chi connectivity index (χ2n) is 6.70. The monoisotopic (exact) mass is 379 g/mol. The first-order chi connectivity index (χ1) is 12.2. The van der Waals surface area contributed by atoms with E-state index < -0.39 is 12.0 Å². The molecule has 0 heterocycles. The predicted octanol–water partition coefficient (Wildman–Crippen LogP) is 3.32. The third-order valence-electron chi connectivity index (χ3n) is 3.82. The number of carbonyl (C=O) groups excluding carboxylic acids is 3. The molecule has 1 amide bonds. The second kappa shape index (κ2) is 11.0. The van der Waals surface area contributed by atoms with Gasteiger partial charge in [-0.3, -0.25) is 9.59 Å². The minimum atomic E-state index is -0.818. The normalized spacial score (nSPS) is 13.2. The van der Waals surface area contributed by atoms with E-state index in [9.17, 15) is 14.4 Å². The van der Waals surface area contributed by atoms with E-state index in [2.05, 4.69) is 31.3 Å². The Kier molecular flexibility index (Phi) is 9.41. The molecule has 5 nitrogen and oxygen atoms in total. The maximum Gasteiger partial charge on any atom is 0.329 e. The van der Waals surface area contributed by atoms with Crippen LogP contribution in [0, 0.1) is 5.92 Å². The van der Waals surface area contributed by atoms with Crippen LogP contribution < -0.4 is 5.32 Å². The first-order valence-corrected chi connectivity index (χ1v) is 9.92. The van der Waals surface area contributed by atoms with Gasteiger partial charge in [-0.25, -0.2) is 4.79 Å². The van der Waals surface area contributed by atoms with Crippen molar-refractivity contribution in [2.45, 2.75) is 53.0 Å². The SMILES string of the molecule is CCOC(=O)[C@@H](CSC(=O)[C@@H](C)c1ccc(CC(C)C)cc1)NC(C)=O. The molecule has 0 unspecified atom stereocenters. The number of hydrogen-bond acceptors (Lipinski definition) is 5. The Morgan fingerprint density at radius 1 is 1.12 bits per heavy atom. The fourth-order valence-corrected chi connectivity index (χ4v) is 3.43. The summed E-state index contributed by atoms with van der Waals surface area (Å²) < 4.78 is 4.95. The Bertz CT molecular complexity index is 613. The van der Waals surface area contributed by atoms with Gasteiger partial charge in [-0.2, -0.15) is 0 Å². The van der Waals surface area contributed by atoms with Crippen LogP contribution >= 0.6 is 11.8 Å². The van der Waals surface area contributed by atoms with Crippen LogP contribution in [0.25, 0.3) is 0 Å². The van der Waals surface area contributed by atoms with E-state index in [4.69, 9.17) is 4.74 Å². The highest BCUT2D eigenvalue weighted by Crippen LogP contribution is 2.24. The highest BCUT2D eigenvalue weighted by atomic mass is 32.2. The maximum atomic E-state index is 12.5. The van der Waals surface area contributed by atoms with Crippen LogP contribution in [-0.4, -0.2) is 35.4 Å². The zero-order valence-electron chi connectivity index (χ0n) is 16.2. The quantitative estimate of drug-likeness (QED) is 0.667. The summed E-state index contributed by atoms with van der Waals surface area (Å²) in [5.41, 5.74) is 2.20. The summed E-state index contributed by atoms with van der Waals surface area (Å²) in [6, 6.07) is 7.27. The summed E-state index contributed by atoms with van der Waals surface area (Å²) in [6.45, 7) is 9.46. The van der Waals surface area contributed by atoms with E-state index in [0.29, 0.717) is 5.92 Å². The van der Waals surface area contributed by atoms with Gasteiger partial charge in [0.15, 0.2) is 5.12 Å². The van der Waals surface area contributed by atoms with Gasteiger partial charge in [-0.1, -0.05) is 56.8 Å². The third-order valence-corrected chi connectivity index (χ3v) is 4.96. The van der Waals surface area contributed by atoms with E-state index in [-0.39, 0.29) is 29.3 Å². The number of nitrogens with one attached hydrogen (secondary N) is 1. The van der Waals surface area contributed by atoms with Gasteiger partial charge in [0, 0.05) is 12.7 Å². The lowest BCUT2D eigenvalue weighted by Gasteiger charge is -2.17. The summed E-state index contributed by atoms with van der Waals surface area (Å²) in [7, 11) is 0. The molecule has 0 spiro atoms. The molecule has 0 bridgehead atoms. The maximum absolute atomic E-state index is 12.5. The van der Waals surface area contributed by atoms with Crippen LogP contribution in [0.4, 0.5) is 0 Å². The predicted molar refractivity (Wildman–Crippen MR) is 105 cm³/mol. The Morgan fingerprint density at radius 3 is 2.23 bits per heavy atom. The molecule has 0 fully saturated rings. The highest BCUT2D eigenvalue weighted by molar-refractivity contribution is 8.13. The van der Waals surface area contributed by atoms with Gasteiger partial charge in [0.1, 0.15) is 6.04 Å². The molecule has 26 heavy (non-hydrogen) atoms. The van der Waals surface area contributed by atoms with Gasteiger partial charge in [0.05, 0.1) is 12.5 Å². The zero-order valence-corrected chi connectivity index (χ0v) is 17.0. The largest absolute Gasteiger partial charge is 0.464 e. The number of hydrogen-bond donors (Lipinski definition) is 1. The highest BCUT2D eigenvalue weighted by Gasteiger charge is 2.24. The van der Waals surface area contributed by atoms with Crippen LogP contribution in [0.5, 0.6) is 0 Å². The van der Waals surface area contributed by atoms with Crippen molar-refractivity contribution < 1.29 is 19.1 Å². The average molecular weight is 380 g/mol. The number of thioether (sulfide) groups is 1. The number of rotatable bonds is 9. The average Bonchev–Trinajstić information content (AvgIpc) is 2.57. The molecule has 1 rings (SSSR count). The van der Waals surface area contributed by atoms with Crippen LogP contribution in [0.3, 0.4) is 0 Å². The zero-order chi connectivity index (χ0) is 19.7. The van der Waals surface area contributed by atoms with E-state index in [0.717, 1.165) is 23.7 Å². The lowest BCUT2D eigenvalue weighted by molar-refractivity contribution is -0.146. The van der Waals surface area contributed by atoms with Gasteiger partial charge >= 0.3 is 5.97 Å². The molecule has 144 valence electrons. The lowest BCUT2D eigenvalue weighted by Crippen LogP contribution is -2.43. The minimum Gasteiger partial charge on any atom is -0.464 e. The smallest absolute Gasteiger partial charge is 0.329 e. The molecule has 0 aliphatic rings. The van der Waals surface area contributed by atoms with Crippen molar-refractivity contribution in [3.63, 3.8) is 0 Å². The van der Waals surface area contributed by atoms with Crippen LogP contribution in [-0.2, 0) is 25.5 Å². The van der Waals surface area contributed by atoms with Crippen molar-refractivity contribution in [3.8, 4) is 0 Å². The summed E-state index contributed by atoms with van der Waals surface area (Å²) in [6.07, 6.45) is 1.01. The number of ether oxygens (including phenoxy) is 1. The Morgan fingerprint density at radius 2 is 1.73 bits per heavy atom. The molecule has 1 aromatic carbocycles. The van der Waals surface area contributed by atoms with Gasteiger partial charge in [0.2, 0.25) is 5.91 Å². The van der Waals surface area contributed by atoms with Gasteiger partial charge < -0.3 is 10.1 Å². The summed E-state index contributed by atoms with van der Waals surface area (Å²) in [5.74, 6) is -0.386. The minimum absolute atomic E-state index is 0.0405. The fraction of sp³-hybridized carbons (Fsp3) is 0.550. The molecule has 0 aliphatic carbocycles. The first-order valence-electron chi connectivity index (χ1n) is 8.93. The van der Waals surface area contributed by atoms with Crippen molar-refractivity contribution in [1.29, 1.82) is 0 Å². The molecule has 2 atom stereocenters. The molecule has 6 heteroatoms. The molecule has 0 saturated carbocycles. The van der Waals surface area contributed by atoms with Crippen LogP contribution in [0.1, 0.15) is 51.7 Å². The molecule has 0 aromatic heterocycles. The Hall–Kier alpha value is -1.82. The number of amides is 1. The van der Waals surface area contributed by atoms with E-state index in [1.165, 1.54) is 12.5 Å². The molecule has 0 saturated heterocycles. The van der Waals surface area contributed by atoms with Crippen LogP contribution in [0.15, 0.2) is 24.3 Å². The Balaban J connectivity index is 2.66. The van der Waals surface area contributed by atoms with Gasteiger partial charge in [-0.05, 0) is 30.4 Å². The summed E-state index contributed by atoms with van der Waals surface area (Å²) >= 11 is 1.04. The molecular weight excluding hydrogens is 350 g/mol. The van der Waals surface area contributed by atoms with Crippen molar-refractivity contribution >= 4 is 28.8 Å². The van der Waals surface area contributed by atoms with E-state index >= 15 is 0 Å². The molecule has 0 radical (unpaired) electrons. The van der Waals surface area contributed by atoms with Gasteiger partial charge in [0.25, 0.3) is 0 Å². The topological polar surface area (TPSA) is 72.5 Å². The van der Waals surface area contributed by atoms with Crippen molar-refractivity contribution in [1.82, 2.24) is 5.32 Å². The molecule has 1 aromatic rings. The number of esters is 1. The van der Waals surface area contributed by atoms with Crippen molar-refractivity contribution in [2.75, 3.05) is 12.4 Å². The van der Waals surface area contributed by atoms with Crippen molar-refractivity contribution in [2.24, 2.45) is 5.92 Å². The summed E-state index contributed by atoms with van der Waals surface area (Å²) in [4.78, 5) is 35.6. The number of benzene rings is 1.